The highest BCUT2D eigenvalue weighted by Crippen LogP contribution is 2.38. The Morgan fingerprint density at radius 3 is 2.39 bits per heavy atom. The molecular weight excluding hydrogens is 523 g/mol. The minimum atomic E-state index is -0.168. The summed E-state index contributed by atoms with van der Waals surface area (Å²) in [6.07, 6.45) is 2.89. The molecule has 0 bridgehead atoms. The van der Waals surface area contributed by atoms with Gasteiger partial charge in [0.15, 0.2) is 11.5 Å². The first-order valence-electron chi connectivity index (χ1n) is 12.7. The van der Waals surface area contributed by atoms with Crippen LogP contribution in [0.1, 0.15) is 36.9 Å². The molecule has 0 aliphatic carbocycles. The van der Waals surface area contributed by atoms with Gasteiger partial charge in [-0.05, 0) is 55.7 Å². The summed E-state index contributed by atoms with van der Waals surface area (Å²) in [7, 11) is 0. The molecule has 4 heterocycles. The summed E-state index contributed by atoms with van der Waals surface area (Å²) >= 11 is 12.1. The van der Waals surface area contributed by atoms with Crippen molar-refractivity contribution in [2.45, 2.75) is 31.8 Å². The second-order valence-electron chi connectivity index (χ2n) is 9.85. The minimum Gasteiger partial charge on any atom is -0.474 e. The summed E-state index contributed by atoms with van der Waals surface area (Å²) < 4.78 is 6.21. The molecule has 0 N–H and O–H groups in total. The summed E-state index contributed by atoms with van der Waals surface area (Å²) in [5, 5.41) is 18.3. The number of amides is 1. The first kappa shape index (κ1) is 26.2. The number of halogens is 2. The Morgan fingerprint density at radius 1 is 1.03 bits per heavy atom. The highest BCUT2D eigenvalue weighted by atomic mass is 35.5. The maximum atomic E-state index is 13.7. The van der Waals surface area contributed by atoms with E-state index < -0.39 is 0 Å². The number of hydrogen-bond donors (Lipinski definition) is 0. The number of benzene rings is 1. The van der Waals surface area contributed by atoms with Gasteiger partial charge in [-0.1, -0.05) is 35.3 Å². The van der Waals surface area contributed by atoms with Crippen molar-refractivity contribution >= 4 is 34.9 Å². The maximum Gasteiger partial charge on any atom is 0.225 e. The van der Waals surface area contributed by atoms with Crippen molar-refractivity contribution in [2.24, 2.45) is 11.8 Å². The van der Waals surface area contributed by atoms with Crippen LogP contribution >= 0.6 is 23.2 Å². The van der Waals surface area contributed by atoms with Gasteiger partial charge in [0, 0.05) is 61.2 Å². The highest BCUT2D eigenvalue weighted by Gasteiger charge is 2.42. The quantitative estimate of drug-likeness (QED) is 0.427. The van der Waals surface area contributed by atoms with E-state index in [9.17, 15) is 4.79 Å². The van der Waals surface area contributed by atoms with Crippen molar-refractivity contribution in [3.8, 4) is 11.9 Å². The molecule has 196 valence electrons. The molecule has 0 spiro atoms. The van der Waals surface area contributed by atoms with Crippen LogP contribution in [-0.4, -0.2) is 58.3 Å². The topological polar surface area (TPSA) is 95.2 Å². The third-order valence-electron chi connectivity index (χ3n) is 7.52. The van der Waals surface area contributed by atoms with Crippen molar-refractivity contribution in [1.82, 2.24) is 20.1 Å². The molecular formula is C28H28Cl2N6O2. The highest BCUT2D eigenvalue weighted by molar-refractivity contribution is 6.30. The van der Waals surface area contributed by atoms with E-state index in [1.807, 2.05) is 48.2 Å². The first-order valence-corrected chi connectivity index (χ1v) is 13.5. The fraction of sp³-hybridized carbons (Fsp3) is 0.393. The van der Waals surface area contributed by atoms with E-state index in [4.69, 9.17) is 33.2 Å². The van der Waals surface area contributed by atoms with Crippen LogP contribution in [0.5, 0.6) is 5.88 Å². The van der Waals surface area contributed by atoms with Crippen LogP contribution in [-0.2, 0) is 4.79 Å². The number of carbonyl (C=O) groups is 1. The van der Waals surface area contributed by atoms with Crippen LogP contribution in [0.25, 0.3) is 0 Å². The molecule has 8 nitrogen and oxygen atoms in total. The van der Waals surface area contributed by atoms with Crippen molar-refractivity contribution < 1.29 is 9.53 Å². The van der Waals surface area contributed by atoms with Gasteiger partial charge in [-0.3, -0.25) is 4.79 Å². The van der Waals surface area contributed by atoms with E-state index in [-0.39, 0.29) is 29.8 Å². The van der Waals surface area contributed by atoms with Gasteiger partial charge in [0.25, 0.3) is 0 Å². The Kier molecular flexibility index (Phi) is 7.96. The van der Waals surface area contributed by atoms with Gasteiger partial charge in [0.2, 0.25) is 11.8 Å². The average Bonchev–Trinajstić information content (AvgIpc) is 3.40. The van der Waals surface area contributed by atoms with Crippen LogP contribution in [0.15, 0.2) is 54.7 Å². The van der Waals surface area contributed by atoms with Crippen LogP contribution in [0.2, 0.25) is 10.0 Å². The zero-order chi connectivity index (χ0) is 26.6. The monoisotopic (exact) mass is 550 g/mol. The molecule has 1 aromatic carbocycles. The Labute approximate surface area is 232 Å². The van der Waals surface area contributed by atoms with E-state index in [0.29, 0.717) is 34.7 Å². The largest absolute Gasteiger partial charge is 0.474 e. The summed E-state index contributed by atoms with van der Waals surface area (Å²) in [6, 6.07) is 16.9. The molecule has 0 unspecified atom stereocenters. The Morgan fingerprint density at radius 2 is 1.76 bits per heavy atom. The number of pyridine rings is 1. The number of anilines is 1. The average molecular weight is 551 g/mol. The Bertz CT molecular complexity index is 1290. The third kappa shape index (κ3) is 5.85. The zero-order valence-corrected chi connectivity index (χ0v) is 22.5. The molecule has 3 atom stereocenters. The van der Waals surface area contributed by atoms with E-state index >= 15 is 0 Å². The lowest BCUT2D eigenvalue weighted by Crippen LogP contribution is -2.42. The molecule has 0 saturated carbocycles. The molecule has 5 rings (SSSR count). The standard InChI is InChI=1S/C28H28Cl2N6O2/c1-18(38-27-9-6-22(30)15-32-27)24-16-36(17-25(24)19-2-4-21(29)5-3-19)28(37)20-10-12-35(13-11-20)26-8-7-23(14-31)33-34-26/h2-9,15,18,20,24-25H,10-13,16-17H2,1H3/t18-,24+,25+/m0/s1. The van der Waals surface area contributed by atoms with Crippen molar-refractivity contribution in [2.75, 3.05) is 31.1 Å². The number of aromatic nitrogens is 3. The fourth-order valence-corrected chi connectivity index (χ4v) is 5.66. The fourth-order valence-electron chi connectivity index (χ4n) is 5.42. The molecule has 38 heavy (non-hydrogen) atoms. The smallest absolute Gasteiger partial charge is 0.225 e. The second kappa shape index (κ2) is 11.5. The molecule has 10 heteroatoms. The summed E-state index contributed by atoms with van der Waals surface area (Å²) in [5.41, 5.74) is 1.44. The summed E-state index contributed by atoms with van der Waals surface area (Å²) in [6.45, 7) is 4.72. The predicted molar refractivity (Wildman–Crippen MR) is 145 cm³/mol. The zero-order valence-electron chi connectivity index (χ0n) is 21.0. The number of rotatable bonds is 6. The van der Waals surface area contributed by atoms with Crippen molar-refractivity contribution in [3.63, 3.8) is 0 Å². The van der Waals surface area contributed by atoms with Gasteiger partial charge in [0.1, 0.15) is 12.2 Å². The van der Waals surface area contributed by atoms with E-state index in [1.54, 1.807) is 24.4 Å². The number of hydrogen-bond acceptors (Lipinski definition) is 7. The van der Waals surface area contributed by atoms with Gasteiger partial charge in [-0.15, -0.1) is 10.2 Å². The second-order valence-corrected chi connectivity index (χ2v) is 10.7. The number of ether oxygens (including phenoxy) is 1. The van der Waals surface area contributed by atoms with E-state index in [0.717, 1.165) is 37.3 Å². The molecule has 0 radical (unpaired) electrons. The lowest BCUT2D eigenvalue weighted by molar-refractivity contribution is -0.135. The Balaban J connectivity index is 1.27. The summed E-state index contributed by atoms with van der Waals surface area (Å²) in [4.78, 5) is 22.1. The Hall–Kier alpha value is -3.41. The van der Waals surface area contributed by atoms with Crippen molar-refractivity contribution in [3.05, 3.63) is 76.0 Å². The molecule has 2 aliphatic rings. The van der Waals surface area contributed by atoms with Crippen LogP contribution in [0.3, 0.4) is 0 Å². The molecule has 2 saturated heterocycles. The minimum absolute atomic E-state index is 0.0450. The number of carbonyl (C=O) groups excluding carboxylic acids is 1. The van der Waals surface area contributed by atoms with Crippen LogP contribution in [0.4, 0.5) is 5.82 Å². The van der Waals surface area contributed by atoms with E-state index in [2.05, 4.69) is 20.1 Å². The predicted octanol–water partition coefficient (Wildman–Crippen LogP) is 4.98. The third-order valence-corrected chi connectivity index (χ3v) is 7.99. The van der Waals surface area contributed by atoms with Gasteiger partial charge in [-0.25, -0.2) is 4.98 Å². The van der Waals surface area contributed by atoms with Gasteiger partial charge >= 0.3 is 0 Å². The normalized spacial score (nSPS) is 20.7. The van der Waals surface area contributed by atoms with Crippen LogP contribution < -0.4 is 9.64 Å². The van der Waals surface area contributed by atoms with Gasteiger partial charge < -0.3 is 14.5 Å². The van der Waals surface area contributed by atoms with Gasteiger partial charge in [-0.2, -0.15) is 5.26 Å². The number of piperidine rings is 1. The lowest BCUT2D eigenvalue weighted by atomic mass is 9.86. The number of nitrogens with zero attached hydrogens (tertiary/aromatic N) is 6. The SMILES string of the molecule is C[C@H](Oc1ccc(Cl)cn1)[C@H]1CN(C(=O)C2CCN(c3ccc(C#N)nn3)CC2)C[C@@H]1c1ccc(Cl)cc1. The molecule has 1 amide bonds. The first-order chi connectivity index (χ1) is 18.4. The molecule has 2 fully saturated rings. The molecule has 2 aliphatic heterocycles. The molecule has 2 aromatic heterocycles. The lowest BCUT2D eigenvalue weighted by Gasteiger charge is -2.33. The summed E-state index contributed by atoms with van der Waals surface area (Å²) in [5.74, 6) is 1.60. The van der Waals surface area contributed by atoms with Crippen molar-refractivity contribution in [1.29, 1.82) is 5.26 Å². The van der Waals surface area contributed by atoms with Gasteiger partial charge in [0.05, 0.1) is 5.02 Å². The number of likely N-dealkylation sites (tertiary alicyclic amines) is 1. The maximum absolute atomic E-state index is 13.7. The van der Waals surface area contributed by atoms with Crippen LogP contribution in [0, 0.1) is 23.2 Å². The molecule has 3 aromatic rings. The number of nitriles is 1. The van der Waals surface area contributed by atoms with E-state index in [1.165, 1.54) is 0 Å².